The molecule has 1 rings (SSSR count). The molecule has 0 atom stereocenters. The van der Waals surface area contributed by atoms with Crippen molar-refractivity contribution in [2.75, 3.05) is 12.0 Å². The third kappa shape index (κ3) is 4.26. The van der Waals surface area contributed by atoms with Crippen molar-refractivity contribution in [1.82, 2.24) is 9.78 Å². The van der Waals surface area contributed by atoms with Crippen LogP contribution in [0.2, 0.25) is 0 Å². The highest BCUT2D eigenvalue weighted by molar-refractivity contribution is 14.1. The van der Waals surface area contributed by atoms with Crippen LogP contribution in [0.15, 0.2) is 10.7 Å². The fourth-order valence-corrected chi connectivity index (χ4v) is 2.36. The van der Waals surface area contributed by atoms with E-state index in [1.54, 1.807) is 4.68 Å². The number of rotatable bonds is 4. The molecule has 0 saturated heterocycles. The minimum Gasteiger partial charge on any atom is -0.270 e. The van der Waals surface area contributed by atoms with E-state index in [2.05, 4.69) is 43.6 Å². The Morgan fingerprint density at radius 1 is 1.64 bits per heavy atom. The molecule has 0 fully saturated rings. The molecule has 4 nitrogen and oxygen atoms in total. The smallest absolute Gasteiger partial charge is 0.147 e. The number of sulfone groups is 1. The van der Waals surface area contributed by atoms with E-state index in [-0.39, 0.29) is 5.75 Å². The molecule has 1 heterocycles. The van der Waals surface area contributed by atoms with Crippen LogP contribution >= 0.6 is 38.5 Å². The van der Waals surface area contributed by atoms with Crippen molar-refractivity contribution in [2.45, 2.75) is 13.0 Å². The van der Waals surface area contributed by atoms with Gasteiger partial charge in [0.15, 0.2) is 0 Å². The van der Waals surface area contributed by atoms with Crippen molar-refractivity contribution in [3.8, 4) is 0 Å². The molecule has 0 saturated carbocycles. The Balaban J connectivity index is 2.47. The molecule has 1 aromatic heterocycles. The van der Waals surface area contributed by atoms with Gasteiger partial charge in [0, 0.05) is 19.0 Å². The second kappa shape index (κ2) is 4.93. The first-order valence-electron chi connectivity index (χ1n) is 3.94. The van der Waals surface area contributed by atoms with E-state index in [9.17, 15) is 8.42 Å². The van der Waals surface area contributed by atoms with E-state index < -0.39 is 9.84 Å². The summed E-state index contributed by atoms with van der Waals surface area (Å²) in [7, 11) is -2.85. The van der Waals surface area contributed by atoms with Crippen LogP contribution in [0.25, 0.3) is 0 Å². The normalized spacial score (nSPS) is 11.9. The van der Waals surface area contributed by atoms with Crippen molar-refractivity contribution >= 4 is 48.4 Å². The Labute approximate surface area is 105 Å². The molecule has 0 aliphatic carbocycles. The van der Waals surface area contributed by atoms with Gasteiger partial charge in [0.25, 0.3) is 0 Å². The van der Waals surface area contributed by atoms with Gasteiger partial charge in [-0.1, -0.05) is 0 Å². The van der Waals surface area contributed by atoms with Crippen LogP contribution in [0.3, 0.4) is 0 Å². The van der Waals surface area contributed by atoms with Crippen LogP contribution in [-0.4, -0.2) is 30.2 Å². The summed E-state index contributed by atoms with van der Waals surface area (Å²) in [6, 6.07) is 0. The maximum Gasteiger partial charge on any atom is 0.147 e. The quantitative estimate of drug-likeness (QED) is 0.732. The van der Waals surface area contributed by atoms with Gasteiger partial charge in [0.1, 0.15) is 13.5 Å². The van der Waals surface area contributed by atoms with Gasteiger partial charge < -0.3 is 0 Å². The van der Waals surface area contributed by atoms with E-state index >= 15 is 0 Å². The predicted molar refractivity (Wildman–Crippen MR) is 67.0 cm³/mol. The summed E-state index contributed by atoms with van der Waals surface area (Å²) in [5.41, 5.74) is 0. The summed E-state index contributed by atoms with van der Waals surface area (Å²) >= 11 is 5.45. The monoisotopic (exact) mass is 392 g/mol. The SMILES string of the molecule is CS(=O)(=O)CCCn1cc(Br)c(I)n1. The molecular weight excluding hydrogens is 383 g/mol. The van der Waals surface area contributed by atoms with Crippen LogP contribution in [-0.2, 0) is 16.4 Å². The second-order valence-corrected chi connectivity index (χ2v) is 7.15. The molecule has 0 aromatic carbocycles. The third-order valence-corrected chi connectivity index (χ3v) is 4.73. The zero-order valence-corrected chi connectivity index (χ0v) is 12.1. The van der Waals surface area contributed by atoms with Gasteiger partial charge in [-0.2, -0.15) is 5.10 Å². The van der Waals surface area contributed by atoms with Crippen molar-refractivity contribution < 1.29 is 8.42 Å². The first kappa shape index (κ1) is 12.4. The zero-order chi connectivity index (χ0) is 10.8. The molecule has 7 heteroatoms. The molecule has 0 bridgehead atoms. The highest BCUT2D eigenvalue weighted by atomic mass is 127. The molecule has 0 N–H and O–H groups in total. The molecule has 0 radical (unpaired) electrons. The van der Waals surface area contributed by atoms with Crippen molar-refractivity contribution in [3.05, 3.63) is 14.4 Å². The lowest BCUT2D eigenvalue weighted by molar-refractivity contribution is 0.575. The third-order valence-electron chi connectivity index (χ3n) is 1.58. The van der Waals surface area contributed by atoms with Crippen LogP contribution in [0, 0.1) is 3.70 Å². The fraction of sp³-hybridized carbons (Fsp3) is 0.571. The Morgan fingerprint density at radius 3 is 2.71 bits per heavy atom. The average Bonchev–Trinajstić information content (AvgIpc) is 2.28. The fourth-order valence-electron chi connectivity index (χ4n) is 0.977. The van der Waals surface area contributed by atoms with Gasteiger partial charge in [-0.15, -0.1) is 0 Å². The van der Waals surface area contributed by atoms with E-state index in [4.69, 9.17) is 0 Å². The van der Waals surface area contributed by atoms with Gasteiger partial charge >= 0.3 is 0 Å². The topological polar surface area (TPSA) is 52.0 Å². The number of hydrogen-bond acceptors (Lipinski definition) is 3. The summed E-state index contributed by atoms with van der Waals surface area (Å²) in [6.07, 6.45) is 3.70. The largest absolute Gasteiger partial charge is 0.270 e. The lowest BCUT2D eigenvalue weighted by Crippen LogP contribution is -2.07. The Kier molecular flexibility index (Phi) is 4.38. The van der Waals surface area contributed by atoms with Gasteiger partial charge in [0.05, 0.1) is 10.2 Å². The summed E-state index contributed by atoms with van der Waals surface area (Å²) in [5, 5.41) is 4.19. The number of aryl methyl sites for hydroxylation is 1. The molecule has 80 valence electrons. The van der Waals surface area contributed by atoms with Crippen LogP contribution in [0.5, 0.6) is 0 Å². The minimum atomic E-state index is -2.85. The maximum absolute atomic E-state index is 10.9. The van der Waals surface area contributed by atoms with Crippen LogP contribution in [0.4, 0.5) is 0 Å². The molecule has 0 spiro atoms. The first-order chi connectivity index (χ1) is 6.38. The lowest BCUT2D eigenvalue weighted by Gasteiger charge is -1.99. The summed E-state index contributed by atoms with van der Waals surface area (Å²) in [6.45, 7) is 0.634. The Bertz CT molecular complexity index is 396. The van der Waals surface area contributed by atoms with Crippen LogP contribution in [0.1, 0.15) is 6.42 Å². The van der Waals surface area contributed by atoms with Gasteiger partial charge in [-0.3, -0.25) is 4.68 Å². The predicted octanol–water partition coefficient (Wildman–Crippen LogP) is 1.68. The molecule has 0 aliphatic heterocycles. The molecule has 0 amide bonds. The summed E-state index contributed by atoms with van der Waals surface area (Å²) < 4.78 is 25.3. The minimum absolute atomic E-state index is 0.209. The second-order valence-electron chi connectivity index (χ2n) is 3.01. The molecule has 1 aromatic rings. The highest BCUT2D eigenvalue weighted by Gasteiger charge is 2.05. The van der Waals surface area contributed by atoms with E-state index in [0.29, 0.717) is 13.0 Å². The van der Waals surface area contributed by atoms with Crippen molar-refractivity contribution in [1.29, 1.82) is 0 Å². The van der Waals surface area contributed by atoms with Gasteiger partial charge in [0.2, 0.25) is 0 Å². The number of nitrogens with zero attached hydrogens (tertiary/aromatic N) is 2. The summed E-state index contributed by atoms with van der Waals surface area (Å²) in [4.78, 5) is 0. The zero-order valence-electron chi connectivity index (χ0n) is 7.57. The highest BCUT2D eigenvalue weighted by Crippen LogP contribution is 2.16. The lowest BCUT2D eigenvalue weighted by atomic mass is 10.5. The molecule has 0 aliphatic rings. The van der Waals surface area contributed by atoms with E-state index in [1.165, 1.54) is 6.26 Å². The Morgan fingerprint density at radius 2 is 2.29 bits per heavy atom. The molecular formula is C7H10BrIN2O2S. The van der Waals surface area contributed by atoms with E-state index in [0.717, 1.165) is 8.17 Å². The van der Waals surface area contributed by atoms with Crippen LogP contribution < -0.4 is 0 Å². The van der Waals surface area contributed by atoms with Gasteiger partial charge in [-0.25, -0.2) is 8.42 Å². The van der Waals surface area contributed by atoms with Crippen molar-refractivity contribution in [3.63, 3.8) is 0 Å². The molecule has 14 heavy (non-hydrogen) atoms. The number of hydrogen-bond donors (Lipinski definition) is 0. The van der Waals surface area contributed by atoms with E-state index in [1.807, 2.05) is 6.20 Å². The van der Waals surface area contributed by atoms with Gasteiger partial charge in [-0.05, 0) is 44.9 Å². The first-order valence-corrected chi connectivity index (χ1v) is 7.88. The summed E-state index contributed by atoms with van der Waals surface area (Å²) in [5.74, 6) is 0.209. The average molecular weight is 393 g/mol. The standard InChI is InChI=1S/C7H10BrIN2O2S/c1-14(12,13)4-2-3-11-5-6(8)7(9)10-11/h5H,2-4H2,1H3. The maximum atomic E-state index is 10.9. The Hall–Kier alpha value is 0.370. The van der Waals surface area contributed by atoms with Crippen molar-refractivity contribution in [2.24, 2.45) is 0 Å². The molecule has 0 unspecified atom stereocenters. The number of halogens is 2. The number of aromatic nitrogens is 2.